The highest BCUT2D eigenvalue weighted by atomic mass is 35.5. The second kappa shape index (κ2) is 6.88. The molecule has 104 valence electrons. The van der Waals surface area contributed by atoms with Gasteiger partial charge in [0.15, 0.2) is 0 Å². The van der Waals surface area contributed by atoms with Crippen LogP contribution in [-0.4, -0.2) is 22.3 Å². The van der Waals surface area contributed by atoms with Gasteiger partial charge in [-0.2, -0.15) is 0 Å². The summed E-state index contributed by atoms with van der Waals surface area (Å²) in [6.45, 7) is 4.67. The summed E-state index contributed by atoms with van der Waals surface area (Å²) in [5, 5.41) is 2.44. The van der Waals surface area contributed by atoms with Crippen molar-refractivity contribution in [3.05, 3.63) is 63.0 Å². The minimum absolute atomic E-state index is 0.149. The number of nitrogens with zero attached hydrogens (tertiary/aromatic N) is 2. The maximum Gasteiger partial charge on any atom is 0.256 e. The molecule has 1 amide bonds. The van der Waals surface area contributed by atoms with Crippen LogP contribution < -0.4 is 0 Å². The summed E-state index contributed by atoms with van der Waals surface area (Å²) in [4.78, 5) is 19.2. The molecule has 0 saturated carbocycles. The number of amides is 1. The van der Waals surface area contributed by atoms with Crippen molar-refractivity contribution in [2.75, 3.05) is 6.54 Å². The van der Waals surface area contributed by atoms with E-state index in [4.69, 9.17) is 23.2 Å². The number of hydrogen-bond acceptors (Lipinski definition) is 3. The number of aromatic nitrogens is 1. The third-order valence-corrected chi connectivity index (χ3v) is 4.15. The number of carbonyl (C=O) groups is 1. The largest absolute Gasteiger partial charge is 0.330 e. The molecule has 3 nitrogen and oxygen atoms in total. The van der Waals surface area contributed by atoms with E-state index in [2.05, 4.69) is 11.6 Å². The Hall–Kier alpha value is -1.36. The van der Waals surface area contributed by atoms with E-state index >= 15 is 0 Å². The van der Waals surface area contributed by atoms with Gasteiger partial charge in [0.25, 0.3) is 5.91 Å². The van der Waals surface area contributed by atoms with Crippen LogP contribution in [0.5, 0.6) is 0 Å². The molecule has 2 rings (SSSR count). The number of thiophene rings is 1. The summed E-state index contributed by atoms with van der Waals surface area (Å²) in [6, 6.07) is 5.47. The van der Waals surface area contributed by atoms with E-state index in [1.807, 2.05) is 17.5 Å². The van der Waals surface area contributed by atoms with E-state index in [0.717, 1.165) is 4.88 Å². The molecule has 0 aromatic carbocycles. The highest BCUT2D eigenvalue weighted by molar-refractivity contribution is 7.09. The highest BCUT2D eigenvalue weighted by Crippen LogP contribution is 2.21. The Bertz CT molecular complexity index is 614. The molecular formula is C14H12Cl2N2OS. The van der Waals surface area contributed by atoms with Crippen molar-refractivity contribution < 1.29 is 4.79 Å². The van der Waals surface area contributed by atoms with Crippen LogP contribution in [0.3, 0.4) is 0 Å². The topological polar surface area (TPSA) is 33.2 Å². The molecule has 2 heterocycles. The van der Waals surface area contributed by atoms with Crippen molar-refractivity contribution in [3.63, 3.8) is 0 Å². The van der Waals surface area contributed by atoms with Crippen molar-refractivity contribution in [1.29, 1.82) is 0 Å². The lowest BCUT2D eigenvalue weighted by Crippen LogP contribution is -2.30. The van der Waals surface area contributed by atoms with Crippen molar-refractivity contribution >= 4 is 40.4 Å². The molecule has 0 aliphatic heterocycles. The van der Waals surface area contributed by atoms with Gasteiger partial charge in [0.1, 0.15) is 5.15 Å². The molecule has 0 radical (unpaired) electrons. The Kier molecular flexibility index (Phi) is 5.17. The van der Waals surface area contributed by atoms with E-state index in [9.17, 15) is 4.79 Å². The fourth-order valence-electron chi connectivity index (χ4n) is 1.69. The number of pyridine rings is 1. The van der Waals surface area contributed by atoms with Crippen LogP contribution in [0.1, 0.15) is 15.2 Å². The molecule has 0 N–H and O–H groups in total. The monoisotopic (exact) mass is 326 g/mol. The van der Waals surface area contributed by atoms with Gasteiger partial charge in [0, 0.05) is 17.6 Å². The molecule has 0 aliphatic carbocycles. The third kappa shape index (κ3) is 3.60. The zero-order valence-corrected chi connectivity index (χ0v) is 12.9. The Labute approximate surface area is 131 Å². The van der Waals surface area contributed by atoms with E-state index < -0.39 is 0 Å². The second-order valence-corrected chi connectivity index (χ2v) is 5.85. The Morgan fingerprint density at radius 1 is 1.50 bits per heavy atom. The van der Waals surface area contributed by atoms with Crippen LogP contribution in [0.2, 0.25) is 10.2 Å². The minimum Gasteiger partial charge on any atom is -0.330 e. The lowest BCUT2D eigenvalue weighted by Gasteiger charge is -2.20. The fourth-order valence-corrected chi connectivity index (χ4v) is 2.68. The summed E-state index contributed by atoms with van der Waals surface area (Å²) in [6.07, 6.45) is 3.12. The quantitative estimate of drug-likeness (QED) is 0.607. The summed E-state index contributed by atoms with van der Waals surface area (Å²) in [5.41, 5.74) is 0.415. The maximum atomic E-state index is 12.5. The van der Waals surface area contributed by atoms with Crippen LogP contribution in [0.15, 0.2) is 42.4 Å². The average molecular weight is 327 g/mol. The smallest absolute Gasteiger partial charge is 0.256 e. The molecule has 0 atom stereocenters. The Morgan fingerprint density at radius 3 is 2.90 bits per heavy atom. The number of hydrogen-bond donors (Lipinski definition) is 0. The van der Waals surface area contributed by atoms with Crippen molar-refractivity contribution in [2.45, 2.75) is 6.54 Å². The standard InChI is InChI=1S/C14H12Cl2N2OS/c1-2-5-18(9-11-4-3-6-20-11)14(19)10-7-12(15)13(16)17-8-10/h2-4,6-8H,1,5,9H2. The molecule has 2 aromatic rings. The number of rotatable bonds is 5. The first-order valence-electron chi connectivity index (χ1n) is 5.85. The molecule has 6 heteroatoms. The van der Waals surface area contributed by atoms with Crippen LogP contribution >= 0.6 is 34.5 Å². The summed E-state index contributed by atoms with van der Waals surface area (Å²) in [5.74, 6) is -0.149. The van der Waals surface area contributed by atoms with Crippen molar-refractivity contribution in [2.24, 2.45) is 0 Å². The zero-order valence-electron chi connectivity index (χ0n) is 10.6. The molecule has 0 unspecified atom stereocenters. The first-order valence-corrected chi connectivity index (χ1v) is 7.49. The van der Waals surface area contributed by atoms with Crippen LogP contribution in [0.4, 0.5) is 0 Å². The molecule has 0 saturated heterocycles. The number of carbonyl (C=O) groups excluding carboxylic acids is 1. The molecule has 0 aliphatic rings. The first kappa shape index (κ1) is 15.0. The maximum absolute atomic E-state index is 12.5. The van der Waals surface area contributed by atoms with Gasteiger partial charge in [0.2, 0.25) is 0 Å². The minimum atomic E-state index is -0.149. The predicted octanol–water partition coefficient (Wildman–Crippen LogP) is 4.28. The molecule has 0 spiro atoms. The molecule has 0 bridgehead atoms. The second-order valence-electron chi connectivity index (χ2n) is 4.05. The van der Waals surface area contributed by atoms with Crippen LogP contribution in [0.25, 0.3) is 0 Å². The molecule has 2 aromatic heterocycles. The van der Waals surface area contributed by atoms with E-state index in [1.54, 1.807) is 22.3 Å². The third-order valence-electron chi connectivity index (χ3n) is 2.61. The van der Waals surface area contributed by atoms with Gasteiger partial charge in [-0.1, -0.05) is 35.3 Å². The molecule has 0 fully saturated rings. The summed E-state index contributed by atoms with van der Waals surface area (Å²) >= 11 is 13.3. The van der Waals surface area contributed by atoms with Gasteiger partial charge in [-0.25, -0.2) is 4.98 Å². The zero-order chi connectivity index (χ0) is 14.5. The lowest BCUT2D eigenvalue weighted by atomic mass is 10.2. The fraction of sp³-hybridized carbons (Fsp3) is 0.143. The predicted molar refractivity (Wildman–Crippen MR) is 83.5 cm³/mol. The van der Waals surface area contributed by atoms with Gasteiger partial charge >= 0.3 is 0 Å². The highest BCUT2D eigenvalue weighted by Gasteiger charge is 2.17. The van der Waals surface area contributed by atoms with Gasteiger partial charge < -0.3 is 4.90 Å². The molecule has 20 heavy (non-hydrogen) atoms. The van der Waals surface area contributed by atoms with E-state index in [-0.39, 0.29) is 16.1 Å². The normalized spacial score (nSPS) is 10.3. The van der Waals surface area contributed by atoms with Gasteiger partial charge in [-0.05, 0) is 17.5 Å². The van der Waals surface area contributed by atoms with Crippen molar-refractivity contribution in [3.8, 4) is 0 Å². The van der Waals surface area contributed by atoms with Gasteiger partial charge in [-0.3, -0.25) is 4.79 Å². The van der Waals surface area contributed by atoms with Crippen LogP contribution in [-0.2, 0) is 6.54 Å². The van der Waals surface area contributed by atoms with Crippen molar-refractivity contribution in [1.82, 2.24) is 9.88 Å². The SMILES string of the molecule is C=CCN(Cc1cccs1)C(=O)c1cnc(Cl)c(Cl)c1. The van der Waals surface area contributed by atoms with Crippen LogP contribution in [0, 0.1) is 0 Å². The van der Waals surface area contributed by atoms with Gasteiger partial charge in [-0.15, -0.1) is 17.9 Å². The summed E-state index contributed by atoms with van der Waals surface area (Å²) in [7, 11) is 0. The Morgan fingerprint density at radius 2 is 2.30 bits per heavy atom. The lowest BCUT2D eigenvalue weighted by molar-refractivity contribution is 0.0764. The first-order chi connectivity index (χ1) is 9.61. The average Bonchev–Trinajstić information content (AvgIpc) is 2.93. The number of halogens is 2. The Balaban J connectivity index is 2.21. The van der Waals surface area contributed by atoms with E-state index in [1.165, 1.54) is 12.3 Å². The van der Waals surface area contributed by atoms with E-state index in [0.29, 0.717) is 18.7 Å². The molecular weight excluding hydrogens is 315 g/mol. The summed E-state index contributed by atoms with van der Waals surface area (Å²) < 4.78 is 0. The van der Waals surface area contributed by atoms with Gasteiger partial charge in [0.05, 0.1) is 17.1 Å².